The van der Waals surface area contributed by atoms with E-state index in [2.05, 4.69) is 11.1 Å². The normalized spacial score (nSPS) is 13.5. The van der Waals surface area contributed by atoms with Crippen molar-refractivity contribution in [1.29, 1.82) is 5.26 Å². The first-order valence-electron chi connectivity index (χ1n) is 12.7. The Kier molecular flexibility index (Phi) is 8.34. The molecule has 4 rings (SSSR count). The Labute approximate surface area is 229 Å². The molecule has 0 saturated heterocycles. The molecule has 8 heteroatoms. The zero-order valence-electron chi connectivity index (χ0n) is 23.2. The van der Waals surface area contributed by atoms with Crippen molar-refractivity contribution in [2.24, 2.45) is 0 Å². The van der Waals surface area contributed by atoms with Gasteiger partial charge in [-0.25, -0.2) is 4.98 Å². The number of hydrogen-bond donors (Lipinski definition) is 1. The van der Waals surface area contributed by atoms with Gasteiger partial charge in [0.05, 0.1) is 44.4 Å². The monoisotopic (exact) mass is 526 g/mol. The number of hydrogen-bond acceptors (Lipinski definition) is 8. The van der Waals surface area contributed by atoms with Crippen molar-refractivity contribution >= 4 is 10.9 Å². The fraction of sp³-hybridized carbons (Fsp3) is 0.323. The minimum absolute atomic E-state index is 0.366. The molecule has 0 radical (unpaired) electrons. The molecule has 0 aliphatic carbocycles. The van der Waals surface area contributed by atoms with Gasteiger partial charge < -0.3 is 24.2 Å². The van der Waals surface area contributed by atoms with Gasteiger partial charge in [-0.1, -0.05) is 18.2 Å². The Morgan fingerprint density at radius 2 is 1.79 bits per heavy atom. The quantitative estimate of drug-likeness (QED) is 0.314. The lowest BCUT2D eigenvalue weighted by Crippen LogP contribution is -2.38. The summed E-state index contributed by atoms with van der Waals surface area (Å²) in [6, 6.07) is 18.9. The molecule has 8 nitrogen and oxygen atoms in total. The third-order valence-corrected chi connectivity index (χ3v) is 7.01. The highest BCUT2D eigenvalue weighted by Gasteiger charge is 2.44. The number of nitriles is 1. The number of nitrogens with zero attached hydrogens (tertiary/aromatic N) is 4. The summed E-state index contributed by atoms with van der Waals surface area (Å²) >= 11 is 0. The van der Waals surface area contributed by atoms with Crippen LogP contribution >= 0.6 is 0 Å². The van der Waals surface area contributed by atoms with Crippen molar-refractivity contribution in [3.63, 3.8) is 0 Å². The zero-order valence-corrected chi connectivity index (χ0v) is 23.2. The molecule has 1 N–H and O–H groups in total. The maximum Gasteiger partial charge on any atom is 0.217 e. The van der Waals surface area contributed by atoms with Crippen molar-refractivity contribution in [3.8, 4) is 23.4 Å². The van der Waals surface area contributed by atoms with Crippen LogP contribution in [-0.4, -0.2) is 61.9 Å². The molecule has 0 amide bonds. The first kappa shape index (κ1) is 27.8. The van der Waals surface area contributed by atoms with E-state index in [-0.39, 0.29) is 0 Å². The molecule has 0 aliphatic heterocycles. The largest absolute Gasteiger partial charge is 0.493 e. The molecule has 0 spiro atoms. The third kappa shape index (κ3) is 5.51. The lowest BCUT2D eigenvalue weighted by Gasteiger charge is -2.39. The highest BCUT2D eigenvalue weighted by atomic mass is 16.5. The predicted octanol–water partition coefficient (Wildman–Crippen LogP) is 4.81. The number of rotatable bonds is 10. The van der Waals surface area contributed by atoms with E-state index in [0.29, 0.717) is 58.1 Å². The molecule has 0 fully saturated rings. The van der Waals surface area contributed by atoms with E-state index in [0.717, 1.165) is 11.1 Å². The molecule has 2 heterocycles. The summed E-state index contributed by atoms with van der Waals surface area (Å²) in [6.45, 7) is 2.50. The lowest BCUT2D eigenvalue weighted by atomic mass is 9.71. The van der Waals surface area contributed by atoms with Crippen LogP contribution in [0.5, 0.6) is 17.4 Å². The number of aryl methyl sites for hydroxylation is 1. The maximum atomic E-state index is 12.9. The first-order chi connectivity index (χ1) is 18.7. The van der Waals surface area contributed by atoms with Crippen LogP contribution in [0.2, 0.25) is 0 Å². The summed E-state index contributed by atoms with van der Waals surface area (Å²) in [5.41, 5.74) is 2.58. The van der Waals surface area contributed by atoms with E-state index in [1.54, 1.807) is 45.7 Å². The van der Waals surface area contributed by atoms with Gasteiger partial charge in [0, 0.05) is 40.5 Å². The van der Waals surface area contributed by atoms with Gasteiger partial charge in [-0.3, -0.25) is 4.98 Å². The van der Waals surface area contributed by atoms with Crippen molar-refractivity contribution in [3.05, 3.63) is 88.7 Å². The van der Waals surface area contributed by atoms with Crippen molar-refractivity contribution in [2.45, 2.75) is 24.9 Å². The van der Waals surface area contributed by atoms with Gasteiger partial charge in [0.15, 0.2) is 11.5 Å². The second-order valence-electron chi connectivity index (χ2n) is 9.79. The molecule has 202 valence electrons. The fourth-order valence-electron chi connectivity index (χ4n) is 5.01. The smallest absolute Gasteiger partial charge is 0.217 e. The Morgan fingerprint density at radius 3 is 2.41 bits per heavy atom. The number of aromatic nitrogens is 2. The number of benzene rings is 2. The first-order valence-corrected chi connectivity index (χ1v) is 12.7. The molecule has 0 saturated carbocycles. The van der Waals surface area contributed by atoms with Crippen LogP contribution in [0.4, 0.5) is 0 Å². The SMILES string of the molecule is COc1cccc([C@H](c2cc3cc(C#N)ccc3nc2OC)[C@@](O)(CCN(C)C)c2ccc(C)nc2)c1OC. The van der Waals surface area contributed by atoms with E-state index < -0.39 is 11.5 Å². The van der Waals surface area contributed by atoms with Gasteiger partial charge in [0.25, 0.3) is 0 Å². The second-order valence-corrected chi connectivity index (χ2v) is 9.79. The topological polar surface area (TPSA) is 101 Å². The van der Waals surface area contributed by atoms with E-state index >= 15 is 0 Å². The van der Waals surface area contributed by atoms with Gasteiger partial charge in [-0.2, -0.15) is 5.26 Å². The van der Waals surface area contributed by atoms with Gasteiger partial charge in [0.2, 0.25) is 5.88 Å². The molecule has 2 aromatic heterocycles. The zero-order chi connectivity index (χ0) is 28.2. The Bertz CT molecular complexity index is 1500. The van der Waals surface area contributed by atoms with Crippen LogP contribution in [0.1, 0.15) is 40.3 Å². The highest BCUT2D eigenvalue weighted by Crippen LogP contribution is 2.51. The minimum Gasteiger partial charge on any atom is -0.493 e. The predicted molar refractivity (Wildman–Crippen MR) is 150 cm³/mol. The average molecular weight is 527 g/mol. The Morgan fingerprint density at radius 1 is 1.00 bits per heavy atom. The fourth-order valence-corrected chi connectivity index (χ4v) is 5.01. The molecule has 39 heavy (non-hydrogen) atoms. The molecule has 2 aromatic carbocycles. The van der Waals surface area contributed by atoms with E-state index in [9.17, 15) is 10.4 Å². The molecular weight excluding hydrogens is 492 g/mol. The molecule has 0 aliphatic rings. The molecule has 0 unspecified atom stereocenters. The van der Waals surface area contributed by atoms with Gasteiger partial charge in [-0.05, 0) is 63.8 Å². The van der Waals surface area contributed by atoms with Crippen LogP contribution in [0.15, 0.2) is 60.8 Å². The molecule has 4 aromatic rings. The third-order valence-electron chi connectivity index (χ3n) is 7.01. The van der Waals surface area contributed by atoms with Gasteiger partial charge >= 0.3 is 0 Å². The number of pyridine rings is 2. The molecule has 0 bridgehead atoms. The molecule has 2 atom stereocenters. The Balaban J connectivity index is 2.11. The van der Waals surface area contributed by atoms with E-state index in [4.69, 9.17) is 19.2 Å². The number of ether oxygens (including phenoxy) is 3. The number of fused-ring (bicyclic) bond motifs is 1. The number of aliphatic hydroxyl groups is 1. The molecular formula is C31H34N4O4. The van der Waals surface area contributed by atoms with Gasteiger partial charge in [0.1, 0.15) is 5.60 Å². The number of para-hydroxylation sites is 1. The van der Waals surface area contributed by atoms with Crippen LogP contribution < -0.4 is 14.2 Å². The van der Waals surface area contributed by atoms with Crippen LogP contribution in [-0.2, 0) is 5.60 Å². The Hall–Kier alpha value is -4.19. The minimum atomic E-state index is -1.46. The van der Waals surface area contributed by atoms with Crippen LogP contribution in [0, 0.1) is 18.3 Å². The van der Waals surface area contributed by atoms with Crippen molar-refractivity contribution in [1.82, 2.24) is 14.9 Å². The van der Waals surface area contributed by atoms with Crippen molar-refractivity contribution < 1.29 is 19.3 Å². The van der Waals surface area contributed by atoms with Gasteiger partial charge in [-0.15, -0.1) is 0 Å². The number of methoxy groups -OCH3 is 3. The summed E-state index contributed by atoms with van der Waals surface area (Å²) in [5, 5.41) is 23.2. The standard InChI is InChI=1S/C31H34N4O4/c1-20-10-12-23(19-33-20)31(36,14-15-35(2)3)28(24-8-7-9-27(37-4)29(24)38-5)25-17-22-16-21(18-32)11-13-26(22)34-30(25)39-6/h7-13,16-17,19,28,36H,14-15H2,1-6H3/t28-,31-/m1/s1. The van der Waals surface area contributed by atoms with E-state index in [1.165, 1.54) is 0 Å². The van der Waals surface area contributed by atoms with Crippen LogP contribution in [0.25, 0.3) is 10.9 Å². The summed E-state index contributed by atoms with van der Waals surface area (Å²) < 4.78 is 17.4. The van der Waals surface area contributed by atoms with E-state index in [1.807, 2.05) is 62.3 Å². The summed E-state index contributed by atoms with van der Waals surface area (Å²) in [4.78, 5) is 11.3. The second kappa shape index (κ2) is 11.7. The van der Waals surface area contributed by atoms with Crippen LogP contribution in [0.3, 0.4) is 0 Å². The summed E-state index contributed by atoms with van der Waals surface area (Å²) in [7, 11) is 8.67. The lowest BCUT2D eigenvalue weighted by molar-refractivity contribution is 0.00284. The highest BCUT2D eigenvalue weighted by molar-refractivity contribution is 5.82. The average Bonchev–Trinajstić information content (AvgIpc) is 2.95. The van der Waals surface area contributed by atoms with Crippen molar-refractivity contribution in [2.75, 3.05) is 42.0 Å². The summed E-state index contributed by atoms with van der Waals surface area (Å²) in [6.07, 6.45) is 2.09. The summed E-state index contributed by atoms with van der Waals surface area (Å²) in [5.74, 6) is 0.702. The maximum absolute atomic E-state index is 12.9.